The molecule has 1 saturated carbocycles. The first kappa shape index (κ1) is 33.7. The Kier molecular flexibility index (Phi) is 8.98. The van der Waals surface area contributed by atoms with Gasteiger partial charge in [0.05, 0.1) is 4.91 Å². The number of amides is 2. The number of hydrogen-bond acceptors (Lipinski definition) is 9. The normalized spacial score (nSPS) is 22.9. The van der Waals surface area contributed by atoms with Gasteiger partial charge in [0.1, 0.15) is 14.9 Å². The summed E-state index contributed by atoms with van der Waals surface area (Å²) >= 11 is 7.88. The molecule has 4 atom stereocenters. The van der Waals surface area contributed by atoms with Gasteiger partial charge < -0.3 is 30.2 Å². The maximum absolute atomic E-state index is 12.9. The molecule has 2 amide bonds. The van der Waals surface area contributed by atoms with E-state index < -0.39 is 5.25 Å². The number of anilines is 7. The van der Waals surface area contributed by atoms with E-state index in [1.807, 2.05) is 6.08 Å². The van der Waals surface area contributed by atoms with Crippen LogP contribution in [0.5, 0.6) is 0 Å². The smallest absolute Gasteiger partial charge is 0.258 e. The lowest BCUT2D eigenvalue weighted by atomic mass is 9.96. The summed E-state index contributed by atoms with van der Waals surface area (Å²) in [6.45, 7) is 0. The van der Waals surface area contributed by atoms with Gasteiger partial charge in [0.25, 0.3) is 5.91 Å². The van der Waals surface area contributed by atoms with E-state index in [1.165, 1.54) is 46.9 Å². The van der Waals surface area contributed by atoms with Crippen molar-refractivity contribution in [2.75, 3.05) is 47.8 Å². The Labute approximate surface area is 313 Å². The van der Waals surface area contributed by atoms with E-state index in [0.717, 1.165) is 46.8 Å². The quantitative estimate of drug-likeness (QED) is 0.138. The molecule has 4 aliphatic rings. The van der Waals surface area contributed by atoms with Crippen LogP contribution in [-0.2, 0) is 9.59 Å². The van der Waals surface area contributed by atoms with Gasteiger partial charge in [-0.25, -0.2) is 0 Å². The minimum absolute atomic E-state index is 0.145. The first-order valence-corrected chi connectivity index (χ1v) is 19.4. The van der Waals surface area contributed by atoms with E-state index in [4.69, 9.17) is 12.2 Å². The van der Waals surface area contributed by atoms with Crippen LogP contribution >= 0.6 is 35.7 Å². The van der Waals surface area contributed by atoms with Crippen molar-refractivity contribution in [1.82, 2.24) is 10.6 Å². The number of carbonyl (C=O) groups is 2. The van der Waals surface area contributed by atoms with Gasteiger partial charge in [-0.05, 0) is 115 Å². The second-order valence-electron chi connectivity index (χ2n) is 13.8. The molecular weight excluding hydrogens is 693 g/mol. The fourth-order valence-electron chi connectivity index (χ4n) is 7.69. The lowest BCUT2D eigenvalue weighted by Crippen LogP contribution is -2.38. The molecule has 0 spiro atoms. The second kappa shape index (κ2) is 13.6. The Bertz CT molecular complexity index is 1980. The molecule has 3 heterocycles. The van der Waals surface area contributed by atoms with Gasteiger partial charge in [-0.15, -0.1) is 0 Å². The summed E-state index contributed by atoms with van der Waals surface area (Å²) < 4.78 is 0.461. The van der Waals surface area contributed by atoms with E-state index in [9.17, 15) is 9.59 Å². The number of rotatable bonds is 8. The molecular formula is C40H40N6O2S3. The number of carbonyl (C=O) groups excluding carboxylic acids is 2. The Morgan fingerprint density at radius 3 is 1.92 bits per heavy atom. The van der Waals surface area contributed by atoms with Crippen molar-refractivity contribution in [3.63, 3.8) is 0 Å². The number of thioether (sulfide) groups is 2. The topological polar surface area (TPSA) is 71.2 Å². The lowest BCUT2D eigenvalue weighted by Gasteiger charge is -2.29. The largest absolute Gasteiger partial charge is 0.378 e. The number of nitrogens with zero attached hydrogens (tertiary/aromatic N) is 4. The summed E-state index contributed by atoms with van der Waals surface area (Å²) in [7, 11) is 8.25. The summed E-state index contributed by atoms with van der Waals surface area (Å²) in [6.07, 6.45) is 5.44. The third-order valence-corrected chi connectivity index (χ3v) is 13.0. The highest BCUT2D eigenvalue weighted by molar-refractivity contribution is 8.25. The van der Waals surface area contributed by atoms with Crippen LogP contribution < -0.4 is 30.2 Å². The molecule has 4 aromatic carbocycles. The number of fused-ring (bicyclic) bond motifs is 3. The van der Waals surface area contributed by atoms with Crippen LogP contribution in [0.2, 0.25) is 0 Å². The number of hydrogen-bond donors (Lipinski definition) is 2. The second-order valence-corrected chi connectivity index (χ2v) is 16.8. The first-order valence-electron chi connectivity index (χ1n) is 17.2. The minimum Gasteiger partial charge on any atom is -0.378 e. The van der Waals surface area contributed by atoms with Crippen LogP contribution in [0.15, 0.2) is 95.9 Å². The molecule has 0 bridgehead atoms. The fraction of sp³-hybridized carbons (Fsp3) is 0.275. The molecule has 1 aliphatic carbocycles. The van der Waals surface area contributed by atoms with Crippen molar-refractivity contribution in [2.45, 2.75) is 41.8 Å². The fourth-order valence-corrected chi connectivity index (χ4v) is 10.2. The molecule has 3 fully saturated rings. The molecule has 4 aromatic rings. The molecule has 0 radical (unpaired) electrons. The summed E-state index contributed by atoms with van der Waals surface area (Å²) in [5, 5.41) is 4.90. The summed E-state index contributed by atoms with van der Waals surface area (Å²) in [5.74, 6) is 0.151. The number of nitrogens with one attached hydrogen (secondary N) is 2. The summed E-state index contributed by atoms with van der Waals surface area (Å²) in [5.41, 5.74) is 10.4. The third kappa shape index (κ3) is 6.36. The lowest BCUT2D eigenvalue weighted by molar-refractivity contribution is -0.119. The molecule has 0 aromatic heterocycles. The van der Waals surface area contributed by atoms with Crippen LogP contribution in [-0.4, -0.2) is 61.0 Å². The zero-order chi connectivity index (χ0) is 35.4. The number of thiocarbonyl (C=S) groups is 1. The molecule has 51 heavy (non-hydrogen) atoms. The molecule has 2 N–H and O–H groups in total. The standard InChI is InChI=1S/C40H40N6O2S3/c1-43(2)25-9-13-27(14-10-25)45(28-15-11-26(12-16-28)44(3)4)29-17-19-30(20-18-29)46-33-7-5-6-31(33)32-22-24(8-21-34(32)46)23-35-37(47)41-39(50-35)36-38(48)42-40(49)51-36/h8-23,31,33,36,39H,5-7H2,1-4H3,(H,41,47)(H,42,48,49)/b35-23-. The minimum atomic E-state index is -0.420. The van der Waals surface area contributed by atoms with E-state index in [2.05, 4.69) is 149 Å². The van der Waals surface area contributed by atoms with Crippen molar-refractivity contribution in [3.8, 4) is 0 Å². The van der Waals surface area contributed by atoms with Gasteiger partial charge in [0, 0.05) is 80.0 Å². The van der Waals surface area contributed by atoms with Crippen LogP contribution in [0.3, 0.4) is 0 Å². The maximum Gasteiger partial charge on any atom is 0.258 e. The van der Waals surface area contributed by atoms with Crippen LogP contribution in [0.1, 0.15) is 36.3 Å². The van der Waals surface area contributed by atoms with Crippen LogP contribution in [0.4, 0.5) is 39.8 Å². The highest BCUT2D eigenvalue weighted by Crippen LogP contribution is 2.53. The first-order chi connectivity index (χ1) is 24.6. The van der Waals surface area contributed by atoms with Crippen molar-refractivity contribution < 1.29 is 9.59 Å². The van der Waals surface area contributed by atoms with E-state index >= 15 is 0 Å². The van der Waals surface area contributed by atoms with Crippen molar-refractivity contribution in [1.29, 1.82) is 0 Å². The predicted octanol–water partition coefficient (Wildman–Crippen LogP) is 8.12. The van der Waals surface area contributed by atoms with Crippen molar-refractivity contribution in [2.24, 2.45) is 0 Å². The highest BCUT2D eigenvalue weighted by Gasteiger charge is 2.43. The van der Waals surface area contributed by atoms with E-state index in [-0.39, 0.29) is 17.2 Å². The average Bonchev–Trinajstić information content (AvgIpc) is 3.89. The van der Waals surface area contributed by atoms with Gasteiger partial charge in [0.15, 0.2) is 0 Å². The zero-order valence-corrected chi connectivity index (χ0v) is 31.4. The van der Waals surface area contributed by atoms with Gasteiger partial charge in [-0.3, -0.25) is 9.59 Å². The van der Waals surface area contributed by atoms with Crippen LogP contribution in [0, 0.1) is 0 Å². The molecule has 8 nitrogen and oxygen atoms in total. The molecule has 3 aliphatic heterocycles. The molecule has 2 saturated heterocycles. The zero-order valence-electron chi connectivity index (χ0n) is 29.0. The Hall–Kier alpha value is -4.45. The predicted molar refractivity (Wildman–Crippen MR) is 218 cm³/mol. The van der Waals surface area contributed by atoms with Crippen molar-refractivity contribution >= 4 is 97.8 Å². The van der Waals surface area contributed by atoms with E-state index in [0.29, 0.717) is 21.2 Å². The monoisotopic (exact) mass is 732 g/mol. The SMILES string of the molecule is CN(C)c1ccc(N(c2ccc(N(C)C)cc2)c2ccc(N3c4ccc(/C=C5\SC(C6SC(=S)NC6=O)NC5=O)cc4C4CCCC43)cc2)cc1. The average molecular weight is 733 g/mol. The van der Waals surface area contributed by atoms with Gasteiger partial charge in [-0.1, -0.05) is 48.2 Å². The van der Waals surface area contributed by atoms with E-state index in [1.54, 1.807) is 0 Å². The van der Waals surface area contributed by atoms with Gasteiger partial charge in [0.2, 0.25) is 5.91 Å². The molecule has 260 valence electrons. The van der Waals surface area contributed by atoms with Gasteiger partial charge in [-0.2, -0.15) is 0 Å². The van der Waals surface area contributed by atoms with Crippen LogP contribution in [0.25, 0.3) is 6.08 Å². The summed E-state index contributed by atoms with van der Waals surface area (Å²) in [6, 6.07) is 33.4. The molecule has 11 heteroatoms. The Morgan fingerprint density at radius 1 is 0.765 bits per heavy atom. The Balaban J connectivity index is 1.08. The maximum atomic E-state index is 12.9. The highest BCUT2D eigenvalue weighted by atomic mass is 32.2. The third-order valence-electron chi connectivity index (χ3n) is 10.2. The van der Waals surface area contributed by atoms with Gasteiger partial charge >= 0.3 is 0 Å². The molecule has 8 rings (SSSR count). The molecule has 4 unspecified atom stereocenters. The summed E-state index contributed by atoms with van der Waals surface area (Å²) in [4.78, 5) is 35.0. The van der Waals surface area contributed by atoms with Crippen molar-refractivity contribution in [3.05, 3.63) is 107 Å². The number of benzene rings is 4. The Morgan fingerprint density at radius 2 is 1.35 bits per heavy atom.